The van der Waals surface area contributed by atoms with Crippen molar-refractivity contribution < 1.29 is 9.47 Å². The monoisotopic (exact) mass is 441 g/mol. The lowest BCUT2D eigenvalue weighted by Gasteiger charge is -2.35. The molecule has 1 aliphatic heterocycles. The molecular formula is C26H27N5O2. The summed E-state index contributed by atoms with van der Waals surface area (Å²) in [5.74, 6) is 2.49. The number of nitrogens with zero attached hydrogens (tertiary/aromatic N) is 5. The Kier molecular flexibility index (Phi) is 6.04. The molecule has 0 amide bonds. The maximum absolute atomic E-state index is 5.38. The van der Waals surface area contributed by atoms with Gasteiger partial charge in [-0.1, -0.05) is 48.5 Å². The van der Waals surface area contributed by atoms with Crippen molar-refractivity contribution in [1.29, 1.82) is 0 Å². The van der Waals surface area contributed by atoms with E-state index in [1.165, 1.54) is 11.1 Å². The van der Waals surface area contributed by atoms with Gasteiger partial charge in [0.15, 0.2) is 5.82 Å². The molecule has 4 aromatic rings. The third-order valence-corrected chi connectivity index (χ3v) is 6.25. The topological polar surface area (TPSA) is 65.3 Å². The lowest BCUT2D eigenvalue weighted by atomic mass is 9.96. The van der Waals surface area contributed by atoms with Crippen LogP contribution in [0.3, 0.4) is 0 Å². The Morgan fingerprint density at radius 3 is 2.21 bits per heavy atom. The van der Waals surface area contributed by atoms with Crippen molar-refractivity contribution in [1.82, 2.24) is 25.1 Å². The predicted molar refractivity (Wildman–Crippen MR) is 125 cm³/mol. The van der Waals surface area contributed by atoms with Crippen molar-refractivity contribution in [3.8, 4) is 11.5 Å². The molecule has 0 saturated heterocycles. The zero-order valence-corrected chi connectivity index (χ0v) is 18.9. The van der Waals surface area contributed by atoms with Crippen LogP contribution in [-0.4, -0.2) is 45.9 Å². The van der Waals surface area contributed by atoms with Gasteiger partial charge in [-0.2, -0.15) is 0 Å². The van der Waals surface area contributed by atoms with Gasteiger partial charge in [0, 0.05) is 13.1 Å². The molecular weight excluding hydrogens is 414 g/mol. The summed E-state index contributed by atoms with van der Waals surface area (Å²) in [5.41, 5.74) is 5.03. The molecule has 7 heteroatoms. The van der Waals surface area contributed by atoms with Gasteiger partial charge in [-0.05, 0) is 63.4 Å². The Morgan fingerprint density at radius 2 is 1.52 bits per heavy atom. The van der Waals surface area contributed by atoms with E-state index in [2.05, 4.69) is 56.8 Å². The molecule has 0 bridgehead atoms. The molecule has 168 valence electrons. The van der Waals surface area contributed by atoms with Gasteiger partial charge in [0.05, 0.1) is 26.8 Å². The Balaban J connectivity index is 1.50. The molecule has 0 saturated carbocycles. The first-order valence-electron chi connectivity index (χ1n) is 11.1. The van der Waals surface area contributed by atoms with Gasteiger partial charge < -0.3 is 9.47 Å². The quantitative estimate of drug-likeness (QED) is 0.434. The summed E-state index contributed by atoms with van der Waals surface area (Å²) in [6.07, 6.45) is 1.00. The van der Waals surface area contributed by atoms with Crippen LogP contribution in [0, 0.1) is 0 Å². The molecule has 0 radical (unpaired) electrons. The predicted octanol–water partition coefficient (Wildman–Crippen LogP) is 3.89. The first-order valence-corrected chi connectivity index (χ1v) is 11.1. The molecule has 0 spiro atoms. The van der Waals surface area contributed by atoms with Crippen LogP contribution in [0.25, 0.3) is 0 Å². The number of ether oxygens (including phenoxy) is 2. The van der Waals surface area contributed by atoms with Crippen LogP contribution in [-0.2, 0) is 19.5 Å². The first kappa shape index (κ1) is 21.2. The van der Waals surface area contributed by atoms with Crippen LogP contribution in [0.15, 0.2) is 72.8 Å². The highest BCUT2D eigenvalue weighted by Crippen LogP contribution is 2.33. The standard InChI is InChI=1S/C26H27N5O2/c1-32-23-11-7-19(8-12-23)17-31-26(27-28-29-31)25(21-9-13-24(33-2)14-10-21)30-16-15-20-5-3-4-6-22(20)18-30/h3-14,25H,15-18H2,1-2H3/t25-/m0/s1. The SMILES string of the molecule is COc1ccc(Cn2nnnc2[C@H](c2ccc(OC)cc2)N2CCc3ccccc3C2)cc1. The molecule has 2 heterocycles. The number of aromatic nitrogens is 4. The molecule has 0 N–H and O–H groups in total. The summed E-state index contributed by atoms with van der Waals surface area (Å²) in [6.45, 7) is 2.37. The average molecular weight is 442 g/mol. The summed E-state index contributed by atoms with van der Waals surface area (Å²) < 4.78 is 12.6. The van der Waals surface area contributed by atoms with Gasteiger partial charge in [-0.3, -0.25) is 4.90 Å². The summed E-state index contributed by atoms with van der Waals surface area (Å²) in [5, 5.41) is 12.9. The molecule has 5 rings (SSSR count). The van der Waals surface area contributed by atoms with Crippen molar-refractivity contribution >= 4 is 0 Å². The fraction of sp³-hybridized carbons (Fsp3) is 0.269. The number of hydrogen-bond acceptors (Lipinski definition) is 6. The molecule has 33 heavy (non-hydrogen) atoms. The second-order valence-electron chi connectivity index (χ2n) is 8.21. The molecule has 7 nitrogen and oxygen atoms in total. The number of methoxy groups -OCH3 is 2. The van der Waals surface area contributed by atoms with Crippen molar-refractivity contribution in [3.63, 3.8) is 0 Å². The highest BCUT2D eigenvalue weighted by atomic mass is 16.5. The molecule has 1 aliphatic rings. The Hall–Kier alpha value is -3.71. The minimum atomic E-state index is -0.0717. The fourth-order valence-corrected chi connectivity index (χ4v) is 4.47. The van der Waals surface area contributed by atoms with Crippen LogP contribution in [0.2, 0.25) is 0 Å². The number of tetrazole rings is 1. The fourth-order valence-electron chi connectivity index (χ4n) is 4.47. The third kappa shape index (κ3) is 4.45. The van der Waals surface area contributed by atoms with E-state index in [1.54, 1.807) is 14.2 Å². The van der Waals surface area contributed by atoms with E-state index in [1.807, 2.05) is 41.1 Å². The summed E-state index contributed by atoms with van der Waals surface area (Å²) in [6, 6.07) is 24.8. The van der Waals surface area contributed by atoms with E-state index < -0.39 is 0 Å². The molecule has 1 atom stereocenters. The van der Waals surface area contributed by atoms with Crippen molar-refractivity contribution in [3.05, 3.63) is 101 Å². The minimum Gasteiger partial charge on any atom is -0.497 e. The summed E-state index contributed by atoms with van der Waals surface area (Å²) >= 11 is 0. The summed E-state index contributed by atoms with van der Waals surface area (Å²) in [7, 11) is 3.36. The second kappa shape index (κ2) is 9.42. The number of benzene rings is 3. The molecule has 0 unspecified atom stereocenters. The van der Waals surface area contributed by atoms with E-state index in [-0.39, 0.29) is 6.04 Å². The third-order valence-electron chi connectivity index (χ3n) is 6.25. The Morgan fingerprint density at radius 1 is 0.848 bits per heavy atom. The van der Waals surface area contributed by atoms with Crippen molar-refractivity contribution in [2.45, 2.75) is 25.6 Å². The highest BCUT2D eigenvalue weighted by molar-refractivity contribution is 5.35. The van der Waals surface area contributed by atoms with Crippen LogP contribution in [0.1, 0.15) is 34.1 Å². The molecule has 1 aromatic heterocycles. The van der Waals surface area contributed by atoms with E-state index in [0.717, 1.165) is 48.0 Å². The Bertz CT molecular complexity index is 1200. The normalized spacial score (nSPS) is 14.5. The largest absolute Gasteiger partial charge is 0.497 e. The highest BCUT2D eigenvalue weighted by Gasteiger charge is 2.30. The minimum absolute atomic E-state index is 0.0717. The Labute approximate surface area is 193 Å². The summed E-state index contributed by atoms with van der Waals surface area (Å²) in [4.78, 5) is 2.46. The lowest BCUT2D eigenvalue weighted by molar-refractivity contribution is 0.195. The van der Waals surface area contributed by atoms with E-state index >= 15 is 0 Å². The van der Waals surface area contributed by atoms with Gasteiger partial charge in [-0.25, -0.2) is 4.68 Å². The zero-order chi connectivity index (χ0) is 22.6. The average Bonchev–Trinajstić information content (AvgIpc) is 3.32. The van der Waals surface area contributed by atoms with Gasteiger partial charge in [0.25, 0.3) is 0 Å². The zero-order valence-electron chi connectivity index (χ0n) is 18.9. The molecule has 0 aliphatic carbocycles. The molecule has 0 fully saturated rings. The van der Waals surface area contributed by atoms with Crippen LogP contribution < -0.4 is 9.47 Å². The molecule has 3 aromatic carbocycles. The van der Waals surface area contributed by atoms with E-state index in [9.17, 15) is 0 Å². The van der Waals surface area contributed by atoms with Crippen molar-refractivity contribution in [2.75, 3.05) is 20.8 Å². The van der Waals surface area contributed by atoms with Gasteiger partial charge >= 0.3 is 0 Å². The van der Waals surface area contributed by atoms with E-state index in [0.29, 0.717) is 6.54 Å². The smallest absolute Gasteiger partial charge is 0.173 e. The number of fused-ring (bicyclic) bond motifs is 1. The van der Waals surface area contributed by atoms with Crippen LogP contribution >= 0.6 is 0 Å². The van der Waals surface area contributed by atoms with Gasteiger partial charge in [0.1, 0.15) is 11.5 Å². The van der Waals surface area contributed by atoms with Gasteiger partial charge in [0.2, 0.25) is 0 Å². The first-order chi connectivity index (χ1) is 16.2. The maximum atomic E-state index is 5.38. The number of hydrogen-bond donors (Lipinski definition) is 0. The number of rotatable bonds is 7. The second-order valence-corrected chi connectivity index (χ2v) is 8.21. The maximum Gasteiger partial charge on any atom is 0.173 e. The van der Waals surface area contributed by atoms with Crippen LogP contribution in [0.4, 0.5) is 0 Å². The lowest BCUT2D eigenvalue weighted by Crippen LogP contribution is -2.36. The van der Waals surface area contributed by atoms with Gasteiger partial charge in [-0.15, -0.1) is 5.10 Å². The van der Waals surface area contributed by atoms with Crippen molar-refractivity contribution in [2.24, 2.45) is 0 Å². The van der Waals surface area contributed by atoms with Crippen LogP contribution in [0.5, 0.6) is 11.5 Å². The van der Waals surface area contributed by atoms with E-state index in [4.69, 9.17) is 9.47 Å².